The maximum atomic E-state index is 12.4. The summed E-state index contributed by atoms with van der Waals surface area (Å²) >= 11 is 0. The van der Waals surface area contributed by atoms with Crippen LogP contribution in [-0.4, -0.2) is 23.1 Å². The van der Waals surface area contributed by atoms with Crippen LogP contribution in [0.1, 0.15) is 187 Å². The Bertz CT molecular complexity index is 477. The highest BCUT2D eigenvalue weighted by Gasteiger charge is 2.15. The van der Waals surface area contributed by atoms with Gasteiger partial charge in [0.15, 0.2) is 0 Å². The Balaban J connectivity index is 3.78. The van der Waals surface area contributed by atoms with E-state index in [4.69, 9.17) is 9.84 Å². The molecule has 0 amide bonds. The second-order valence-corrected chi connectivity index (χ2v) is 11.0. The van der Waals surface area contributed by atoms with Gasteiger partial charge < -0.3 is 9.84 Å². The summed E-state index contributed by atoms with van der Waals surface area (Å²) in [7, 11) is 0. The average Bonchev–Trinajstić information content (AvgIpc) is 2.85. The molecule has 0 spiro atoms. The van der Waals surface area contributed by atoms with E-state index in [-0.39, 0.29) is 18.5 Å². The van der Waals surface area contributed by atoms with Gasteiger partial charge in [0.25, 0.3) is 0 Å². The molecule has 1 atom stereocenters. The summed E-state index contributed by atoms with van der Waals surface area (Å²) < 4.78 is 5.77. The predicted molar refractivity (Wildman–Crippen MR) is 154 cm³/mol. The minimum absolute atomic E-state index is 0.0890. The minimum Gasteiger partial charge on any atom is -0.481 e. The number of carboxylic acid groups (broad SMARTS) is 1. The molecular formula is C32H62O4. The molecule has 0 saturated carbocycles. The summed E-state index contributed by atoms with van der Waals surface area (Å²) in [6.07, 6.45) is 31.1. The van der Waals surface area contributed by atoms with Crippen molar-refractivity contribution in [3.05, 3.63) is 0 Å². The van der Waals surface area contributed by atoms with Gasteiger partial charge in [0, 0.05) is 12.8 Å². The van der Waals surface area contributed by atoms with Crippen molar-refractivity contribution in [3.8, 4) is 0 Å². The molecule has 1 N–H and O–H groups in total. The van der Waals surface area contributed by atoms with E-state index in [1.165, 1.54) is 122 Å². The third-order valence-corrected chi connectivity index (χ3v) is 7.33. The molecule has 1 unspecified atom stereocenters. The van der Waals surface area contributed by atoms with E-state index in [2.05, 4.69) is 13.8 Å². The molecule has 0 aromatic rings. The van der Waals surface area contributed by atoms with Gasteiger partial charge in [-0.2, -0.15) is 0 Å². The Morgan fingerprint density at radius 2 is 0.861 bits per heavy atom. The van der Waals surface area contributed by atoms with Gasteiger partial charge in [-0.15, -0.1) is 0 Å². The number of carbonyl (C=O) groups is 2. The van der Waals surface area contributed by atoms with Gasteiger partial charge in [0.05, 0.1) is 0 Å². The SMILES string of the molecule is CCCCCCCCCCCCCCCCC(=O)OC(CCCCCCCCCC)CCCC(=O)O. The number of hydrogen-bond donors (Lipinski definition) is 1. The van der Waals surface area contributed by atoms with Crippen molar-refractivity contribution in [3.63, 3.8) is 0 Å². The molecular weight excluding hydrogens is 448 g/mol. The van der Waals surface area contributed by atoms with E-state index >= 15 is 0 Å². The van der Waals surface area contributed by atoms with Gasteiger partial charge in [-0.3, -0.25) is 9.59 Å². The third kappa shape index (κ3) is 27.5. The molecule has 0 rings (SSSR count). The number of hydrogen-bond acceptors (Lipinski definition) is 3. The van der Waals surface area contributed by atoms with E-state index in [9.17, 15) is 9.59 Å². The van der Waals surface area contributed by atoms with E-state index in [1.807, 2.05) is 0 Å². The first-order chi connectivity index (χ1) is 17.6. The van der Waals surface area contributed by atoms with Gasteiger partial charge >= 0.3 is 11.9 Å². The van der Waals surface area contributed by atoms with Crippen molar-refractivity contribution in [2.75, 3.05) is 0 Å². The first-order valence-electron chi connectivity index (χ1n) is 16.0. The predicted octanol–water partition coefficient (Wildman–Crippen LogP) is 10.6. The second-order valence-electron chi connectivity index (χ2n) is 11.0. The highest BCUT2D eigenvalue weighted by Crippen LogP contribution is 2.18. The summed E-state index contributed by atoms with van der Waals surface area (Å²) in [4.78, 5) is 23.2. The van der Waals surface area contributed by atoms with Crippen LogP contribution in [0, 0.1) is 0 Å². The van der Waals surface area contributed by atoms with Crippen LogP contribution in [-0.2, 0) is 14.3 Å². The van der Waals surface area contributed by atoms with Gasteiger partial charge in [0.2, 0.25) is 0 Å². The van der Waals surface area contributed by atoms with Gasteiger partial charge in [-0.25, -0.2) is 0 Å². The van der Waals surface area contributed by atoms with Crippen molar-refractivity contribution in [2.45, 2.75) is 193 Å². The lowest BCUT2D eigenvalue weighted by molar-refractivity contribution is -0.150. The molecule has 0 aliphatic carbocycles. The van der Waals surface area contributed by atoms with E-state index < -0.39 is 5.97 Å². The van der Waals surface area contributed by atoms with Crippen LogP contribution in [0.15, 0.2) is 0 Å². The van der Waals surface area contributed by atoms with Gasteiger partial charge in [0.1, 0.15) is 6.10 Å². The molecule has 0 aromatic carbocycles. The van der Waals surface area contributed by atoms with Gasteiger partial charge in [-0.05, 0) is 32.1 Å². The second kappa shape index (κ2) is 28.5. The molecule has 36 heavy (non-hydrogen) atoms. The summed E-state index contributed by atoms with van der Waals surface area (Å²) in [6, 6.07) is 0. The number of rotatable bonds is 29. The largest absolute Gasteiger partial charge is 0.481 e. The van der Waals surface area contributed by atoms with Crippen LogP contribution in [0.3, 0.4) is 0 Å². The molecule has 0 saturated heterocycles. The summed E-state index contributed by atoms with van der Waals surface area (Å²) in [5.41, 5.74) is 0. The highest BCUT2D eigenvalue weighted by molar-refractivity contribution is 5.69. The van der Waals surface area contributed by atoms with Crippen LogP contribution in [0.2, 0.25) is 0 Å². The lowest BCUT2D eigenvalue weighted by Crippen LogP contribution is -2.18. The monoisotopic (exact) mass is 510 g/mol. The number of carboxylic acids is 1. The van der Waals surface area contributed by atoms with Crippen molar-refractivity contribution in [1.29, 1.82) is 0 Å². The van der Waals surface area contributed by atoms with E-state index in [0.717, 1.165) is 25.7 Å². The summed E-state index contributed by atoms with van der Waals surface area (Å²) in [5, 5.41) is 8.93. The first-order valence-corrected chi connectivity index (χ1v) is 16.0. The molecule has 0 radical (unpaired) electrons. The number of unbranched alkanes of at least 4 members (excludes halogenated alkanes) is 20. The maximum absolute atomic E-state index is 12.4. The Morgan fingerprint density at radius 3 is 1.28 bits per heavy atom. The van der Waals surface area contributed by atoms with E-state index in [0.29, 0.717) is 19.3 Å². The standard InChI is InChI=1S/C32H62O4/c1-3-5-7-9-11-13-14-15-16-17-18-20-22-24-29-32(35)36-30(27-25-28-31(33)34)26-23-21-19-12-10-8-6-4-2/h30H,3-29H2,1-2H3,(H,33,34). The lowest BCUT2D eigenvalue weighted by atomic mass is 10.0. The maximum Gasteiger partial charge on any atom is 0.306 e. The molecule has 0 fully saturated rings. The molecule has 4 heteroatoms. The van der Waals surface area contributed by atoms with Crippen LogP contribution >= 0.6 is 0 Å². The smallest absolute Gasteiger partial charge is 0.306 e. The topological polar surface area (TPSA) is 63.6 Å². The third-order valence-electron chi connectivity index (χ3n) is 7.33. The Morgan fingerprint density at radius 1 is 0.500 bits per heavy atom. The lowest BCUT2D eigenvalue weighted by Gasteiger charge is -2.18. The minimum atomic E-state index is -0.769. The molecule has 0 bridgehead atoms. The zero-order valence-corrected chi connectivity index (χ0v) is 24.3. The van der Waals surface area contributed by atoms with Gasteiger partial charge in [-0.1, -0.05) is 142 Å². The van der Waals surface area contributed by atoms with Crippen LogP contribution in [0.4, 0.5) is 0 Å². The Hall–Kier alpha value is -1.06. The fourth-order valence-corrected chi connectivity index (χ4v) is 4.96. The number of ether oxygens (including phenoxy) is 1. The van der Waals surface area contributed by atoms with Crippen molar-refractivity contribution >= 4 is 11.9 Å². The molecule has 0 aliphatic rings. The Labute approximate surface area is 224 Å². The zero-order valence-electron chi connectivity index (χ0n) is 24.3. The summed E-state index contributed by atoms with van der Waals surface area (Å²) in [6.45, 7) is 4.51. The molecule has 0 aromatic heterocycles. The van der Waals surface area contributed by atoms with Crippen molar-refractivity contribution < 1.29 is 19.4 Å². The van der Waals surface area contributed by atoms with Crippen molar-refractivity contribution in [1.82, 2.24) is 0 Å². The van der Waals surface area contributed by atoms with Crippen LogP contribution in [0.25, 0.3) is 0 Å². The average molecular weight is 511 g/mol. The summed E-state index contributed by atoms with van der Waals surface area (Å²) in [5.74, 6) is -0.858. The quantitative estimate of drug-likeness (QED) is 0.0802. The highest BCUT2D eigenvalue weighted by atomic mass is 16.5. The normalized spacial score (nSPS) is 12.1. The molecule has 214 valence electrons. The fraction of sp³-hybridized carbons (Fsp3) is 0.938. The van der Waals surface area contributed by atoms with Crippen LogP contribution in [0.5, 0.6) is 0 Å². The van der Waals surface area contributed by atoms with Crippen molar-refractivity contribution in [2.24, 2.45) is 0 Å². The van der Waals surface area contributed by atoms with E-state index in [1.54, 1.807) is 0 Å². The molecule has 4 nitrogen and oxygen atoms in total. The van der Waals surface area contributed by atoms with Crippen LogP contribution < -0.4 is 0 Å². The first kappa shape index (κ1) is 34.9. The fourth-order valence-electron chi connectivity index (χ4n) is 4.96. The molecule has 0 aliphatic heterocycles. The zero-order chi connectivity index (χ0) is 26.5. The molecule has 0 heterocycles. The number of aliphatic carboxylic acids is 1. The number of carbonyl (C=O) groups excluding carboxylic acids is 1. The number of esters is 1. The Kier molecular flexibility index (Phi) is 27.7.